The van der Waals surface area contributed by atoms with Crippen LogP contribution in [0.3, 0.4) is 0 Å². The fraction of sp³-hybridized carbons (Fsp3) is 0.750. The van der Waals surface area contributed by atoms with Crippen molar-refractivity contribution >= 4 is 26.9 Å². The maximum atomic E-state index is 11.2. The van der Waals surface area contributed by atoms with Gasteiger partial charge in [-0.15, -0.1) is 0 Å². The van der Waals surface area contributed by atoms with Crippen molar-refractivity contribution in [1.82, 2.24) is 9.80 Å². The molecule has 9 heteroatoms. The van der Waals surface area contributed by atoms with E-state index < -0.39 is 8.25 Å². The fourth-order valence-electron chi connectivity index (χ4n) is 0.594. The zero-order chi connectivity index (χ0) is 13.4. The minimum atomic E-state index is -1.85. The first-order valence-corrected chi connectivity index (χ1v) is 6.03. The van der Waals surface area contributed by atoms with Crippen LogP contribution in [0.15, 0.2) is 0 Å². The zero-order valence-corrected chi connectivity index (χ0v) is 11.3. The van der Waals surface area contributed by atoms with E-state index in [1.165, 1.54) is 9.80 Å². The summed E-state index contributed by atoms with van der Waals surface area (Å²) in [5, 5.41) is 0. The Morgan fingerprint density at radius 3 is 1.59 bits per heavy atom. The van der Waals surface area contributed by atoms with Crippen LogP contribution in [0.4, 0.5) is 0 Å². The molecule has 0 aromatic rings. The molecule has 0 saturated heterocycles. The van der Waals surface area contributed by atoms with Crippen molar-refractivity contribution in [3.05, 3.63) is 0 Å². The second-order valence-corrected chi connectivity index (χ2v) is 4.81. The Morgan fingerprint density at radius 2 is 1.35 bits per heavy atom. The number of hydrogen-bond acceptors (Lipinski definition) is 5. The van der Waals surface area contributed by atoms with Crippen molar-refractivity contribution in [2.24, 2.45) is 0 Å². The average Bonchev–Trinajstić information content (AvgIpc) is 2.28. The second kappa shape index (κ2) is 8.28. The first-order chi connectivity index (χ1) is 7.88. The number of likely N-dealkylation sites (N-methyl/N-ethyl adjacent to an activating group) is 2. The Balaban J connectivity index is 3.97. The number of nitrogens with zero attached hydrogens (tertiary/aromatic N) is 2. The molecule has 7 nitrogen and oxygen atoms in total. The Morgan fingerprint density at radius 1 is 1.00 bits per heavy atom. The predicted octanol–water partition coefficient (Wildman–Crippen LogP) is -0.527. The van der Waals surface area contributed by atoms with Crippen LogP contribution in [-0.2, 0) is 23.3 Å². The van der Waals surface area contributed by atoms with Gasteiger partial charge in [-0.25, -0.2) is 0 Å². The SMILES string of the molecule is CN(C)C(=O)COP(B=O)OCC(=O)N(C)C. The van der Waals surface area contributed by atoms with Gasteiger partial charge >= 0.3 is 101 Å². The van der Waals surface area contributed by atoms with Gasteiger partial charge in [0.2, 0.25) is 0 Å². The Labute approximate surface area is 102 Å². The van der Waals surface area contributed by atoms with Gasteiger partial charge in [-0.1, -0.05) is 0 Å². The minimum absolute atomic E-state index is 0.242. The molecule has 0 heterocycles. The number of carbonyl (C=O) groups excluding carboxylic acids is 2. The molecule has 96 valence electrons. The maximum absolute atomic E-state index is 11.2. The normalized spacial score (nSPS) is 9.94. The Bertz CT molecular complexity index is 263. The van der Waals surface area contributed by atoms with Gasteiger partial charge < -0.3 is 0 Å². The summed E-state index contributed by atoms with van der Waals surface area (Å²) in [7, 11) is 4.45. The molecule has 0 aromatic carbocycles. The van der Waals surface area contributed by atoms with E-state index in [1.807, 2.05) is 0 Å². The van der Waals surface area contributed by atoms with Gasteiger partial charge in [-0.05, 0) is 0 Å². The van der Waals surface area contributed by atoms with E-state index in [1.54, 1.807) is 28.2 Å². The molecule has 0 aliphatic rings. The average molecular weight is 262 g/mol. The summed E-state index contributed by atoms with van der Waals surface area (Å²) in [6.07, 6.45) is 0. The second-order valence-electron chi connectivity index (χ2n) is 3.51. The van der Waals surface area contributed by atoms with Gasteiger partial charge in [0, 0.05) is 0 Å². The van der Waals surface area contributed by atoms with Crippen LogP contribution in [-0.4, -0.2) is 69.9 Å². The zero-order valence-electron chi connectivity index (χ0n) is 10.4. The van der Waals surface area contributed by atoms with E-state index in [2.05, 4.69) is 0 Å². The third-order valence-electron chi connectivity index (χ3n) is 1.71. The monoisotopic (exact) mass is 262 g/mol. The molecule has 0 saturated carbocycles. The van der Waals surface area contributed by atoms with E-state index in [0.717, 1.165) is 0 Å². The Kier molecular flexibility index (Phi) is 7.86. The van der Waals surface area contributed by atoms with Gasteiger partial charge in [-0.3, -0.25) is 0 Å². The predicted molar refractivity (Wildman–Crippen MR) is 62.7 cm³/mol. The summed E-state index contributed by atoms with van der Waals surface area (Å²) in [4.78, 5) is 25.0. The number of carbonyl (C=O) groups is 2. The Hall–Kier alpha value is -0.845. The van der Waals surface area contributed by atoms with Gasteiger partial charge in [-0.2, -0.15) is 0 Å². The van der Waals surface area contributed by atoms with Crippen LogP contribution < -0.4 is 0 Å². The fourth-order valence-corrected chi connectivity index (χ4v) is 1.27. The topological polar surface area (TPSA) is 76.1 Å². The van der Waals surface area contributed by atoms with Crippen LogP contribution in [0.1, 0.15) is 0 Å². The summed E-state index contributed by atoms with van der Waals surface area (Å²) in [5.41, 5.74) is 0. The van der Waals surface area contributed by atoms with E-state index in [-0.39, 0.29) is 25.0 Å². The van der Waals surface area contributed by atoms with Crippen molar-refractivity contribution in [3.63, 3.8) is 0 Å². The molecule has 0 atom stereocenters. The van der Waals surface area contributed by atoms with E-state index in [9.17, 15) is 14.3 Å². The van der Waals surface area contributed by atoms with Crippen LogP contribution >= 0.6 is 8.25 Å². The molecule has 0 spiro atoms. The molecule has 0 fully saturated rings. The van der Waals surface area contributed by atoms with Gasteiger partial charge in [0.05, 0.1) is 0 Å². The summed E-state index contributed by atoms with van der Waals surface area (Å²) in [6, 6.07) is 0. The van der Waals surface area contributed by atoms with Crippen molar-refractivity contribution in [1.29, 1.82) is 0 Å². The third-order valence-corrected chi connectivity index (χ3v) is 2.65. The summed E-state index contributed by atoms with van der Waals surface area (Å²) < 4.78 is 20.5. The molecule has 0 aliphatic heterocycles. The molecule has 0 bridgehead atoms. The number of hydrogen-bond donors (Lipinski definition) is 0. The van der Waals surface area contributed by atoms with Crippen LogP contribution in [0.25, 0.3) is 0 Å². The van der Waals surface area contributed by atoms with Crippen LogP contribution in [0.2, 0.25) is 0 Å². The summed E-state index contributed by atoms with van der Waals surface area (Å²) in [5.74, 6) is -0.552. The first-order valence-electron chi connectivity index (χ1n) is 4.79. The van der Waals surface area contributed by atoms with Crippen LogP contribution in [0.5, 0.6) is 0 Å². The molecular weight excluding hydrogens is 246 g/mol. The molecule has 17 heavy (non-hydrogen) atoms. The first kappa shape index (κ1) is 16.2. The van der Waals surface area contributed by atoms with E-state index in [4.69, 9.17) is 9.05 Å². The summed E-state index contributed by atoms with van der Waals surface area (Å²) in [6.45, 7) is -0.0254. The molecular formula is C8H16BN2O5P. The van der Waals surface area contributed by atoms with Crippen molar-refractivity contribution < 1.29 is 23.3 Å². The molecule has 0 aromatic heterocycles. The molecule has 0 N–H and O–H groups in total. The standard InChI is InChI=1S/C8H16BN2O5P/c1-10(2)7(12)5-15-17(9-14)16-6-8(13)11(3)4/h5-6H2,1-4H3. The molecule has 0 unspecified atom stereocenters. The van der Waals surface area contributed by atoms with Crippen LogP contribution in [0, 0.1) is 0 Å². The van der Waals surface area contributed by atoms with Gasteiger partial charge in [0.15, 0.2) is 0 Å². The van der Waals surface area contributed by atoms with Crippen molar-refractivity contribution in [2.45, 2.75) is 0 Å². The molecule has 2 amide bonds. The van der Waals surface area contributed by atoms with Crippen molar-refractivity contribution in [3.8, 4) is 0 Å². The van der Waals surface area contributed by atoms with Gasteiger partial charge in [0.1, 0.15) is 0 Å². The third kappa shape index (κ3) is 7.15. The quantitative estimate of drug-likeness (QED) is 0.455. The number of rotatable bonds is 7. The molecule has 0 rings (SSSR count). The molecule has 0 radical (unpaired) electrons. The van der Waals surface area contributed by atoms with E-state index >= 15 is 0 Å². The van der Waals surface area contributed by atoms with Gasteiger partial charge in [0.25, 0.3) is 0 Å². The van der Waals surface area contributed by atoms with E-state index in [0.29, 0.717) is 6.87 Å². The molecule has 0 aliphatic carbocycles. The summed E-state index contributed by atoms with van der Waals surface area (Å²) >= 11 is 0. The number of amides is 2. The van der Waals surface area contributed by atoms with Crippen molar-refractivity contribution in [2.75, 3.05) is 41.4 Å².